The van der Waals surface area contributed by atoms with Crippen LogP contribution in [0.15, 0.2) is 12.5 Å². The van der Waals surface area contributed by atoms with Gasteiger partial charge in [-0.3, -0.25) is 4.79 Å². The summed E-state index contributed by atoms with van der Waals surface area (Å²) in [4.78, 5) is 15.7. The first-order chi connectivity index (χ1) is 7.63. The zero-order valence-electron chi connectivity index (χ0n) is 10.1. The van der Waals surface area contributed by atoms with Crippen LogP contribution in [0.3, 0.4) is 0 Å². The van der Waals surface area contributed by atoms with Crippen molar-refractivity contribution in [3.05, 3.63) is 18.2 Å². The van der Waals surface area contributed by atoms with Crippen LogP contribution in [0.1, 0.15) is 51.3 Å². The smallest absolute Gasteiger partial charge is 0.220 e. The average Bonchev–Trinajstić information content (AvgIpc) is 2.82. The third-order valence-electron chi connectivity index (χ3n) is 3.31. The maximum Gasteiger partial charge on any atom is 0.220 e. The van der Waals surface area contributed by atoms with Crippen LogP contribution in [-0.2, 0) is 4.79 Å². The summed E-state index contributed by atoms with van der Waals surface area (Å²) >= 11 is 0. The summed E-state index contributed by atoms with van der Waals surface area (Å²) < 4.78 is 2.16. The van der Waals surface area contributed by atoms with Crippen LogP contribution >= 0.6 is 0 Å². The monoisotopic (exact) mass is 221 g/mol. The predicted octanol–water partition coefficient (Wildman–Crippen LogP) is 1.85. The van der Waals surface area contributed by atoms with E-state index in [1.165, 1.54) is 5.69 Å². The van der Waals surface area contributed by atoms with Gasteiger partial charge < -0.3 is 9.88 Å². The first-order valence-electron chi connectivity index (χ1n) is 5.94. The van der Waals surface area contributed by atoms with E-state index in [9.17, 15) is 4.79 Å². The number of nitrogens with one attached hydrogen (secondary N) is 1. The summed E-state index contributed by atoms with van der Waals surface area (Å²) in [5.41, 5.74) is 1.18. The van der Waals surface area contributed by atoms with Gasteiger partial charge in [0.25, 0.3) is 0 Å². The molecule has 0 aliphatic carbocycles. The molecule has 0 saturated carbocycles. The lowest BCUT2D eigenvalue weighted by molar-refractivity contribution is -0.119. The van der Waals surface area contributed by atoms with Crippen LogP contribution in [0.5, 0.6) is 0 Å². The van der Waals surface area contributed by atoms with Crippen molar-refractivity contribution in [1.82, 2.24) is 14.9 Å². The van der Waals surface area contributed by atoms with Crippen LogP contribution in [0.25, 0.3) is 0 Å². The second kappa shape index (κ2) is 4.28. The molecule has 0 radical (unpaired) electrons. The molecule has 4 nitrogen and oxygen atoms in total. The van der Waals surface area contributed by atoms with E-state index in [1.807, 2.05) is 12.5 Å². The molecule has 1 aliphatic heterocycles. The zero-order valence-corrected chi connectivity index (χ0v) is 10.1. The molecule has 2 heterocycles. The Balaban J connectivity index is 2.29. The van der Waals surface area contributed by atoms with Crippen molar-refractivity contribution >= 4 is 5.91 Å². The summed E-state index contributed by atoms with van der Waals surface area (Å²) in [5, 5.41) is 3.03. The Hall–Kier alpha value is -1.32. The third-order valence-corrected chi connectivity index (χ3v) is 3.31. The lowest BCUT2D eigenvalue weighted by atomic mass is 9.95. The Morgan fingerprint density at radius 3 is 3.00 bits per heavy atom. The normalized spacial score (nSPS) is 25.1. The minimum Gasteiger partial charge on any atom is -0.353 e. The second-order valence-electron chi connectivity index (χ2n) is 4.71. The molecule has 1 N–H and O–H groups in total. The predicted molar refractivity (Wildman–Crippen MR) is 62.2 cm³/mol. The minimum atomic E-state index is 0.161. The van der Waals surface area contributed by atoms with E-state index in [4.69, 9.17) is 0 Å². The van der Waals surface area contributed by atoms with E-state index < -0.39 is 0 Å². The third kappa shape index (κ3) is 1.84. The first-order valence-corrected chi connectivity index (χ1v) is 5.94. The Morgan fingerprint density at radius 2 is 2.38 bits per heavy atom. The highest BCUT2D eigenvalue weighted by Gasteiger charge is 2.34. The first kappa shape index (κ1) is 11.2. The van der Waals surface area contributed by atoms with Gasteiger partial charge in [0.05, 0.1) is 6.33 Å². The van der Waals surface area contributed by atoms with Crippen molar-refractivity contribution in [2.45, 2.75) is 51.6 Å². The molecule has 0 aromatic carbocycles. The molecule has 1 aliphatic rings. The Bertz CT molecular complexity index is 383. The summed E-state index contributed by atoms with van der Waals surface area (Å²) in [6.45, 7) is 6.38. The van der Waals surface area contributed by atoms with Crippen molar-refractivity contribution in [1.29, 1.82) is 0 Å². The Kier molecular flexibility index (Phi) is 2.99. The molecule has 2 atom stereocenters. The van der Waals surface area contributed by atoms with Gasteiger partial charge in [-0.25, -0.2) is 4.98 Å². The number of hydrogen-bond donors (Lipinski definition) is 1. The molecule has 0 spiro atoms. The molecule has 88 valence electrons. The molecule has 1 saturated heterocycles. The fraction of sp³-hybridized carbons (Fsp3) is 0.667. The molecule has 1 aromatic rings. The molecule has 2 rings (SSSR count). The number of aromatic nitrogens is 2. The SMILES string of the molecule is CCC1NC(=O)CC1c1cncn1C(C)C. The highest BCUT2D eigenvalue weighted by molar-refractivity contribution is 5.80. The van der Waals surface area contributed by atoms with Crippen molar-refractivity contribution in [3.63, 3.8) is 0 Å². The maximum atomic E-state index is 11.5. The average molecular weight is 221 g/mol. The molecule has 4 heteroatoms. The number of carbonyl (C=O) groups is 1. The lowest BCUT2D eigenvalue weighted by Crippen LogP contribution is -2.28. The fourth-order valence-corrected chi connectivity index (χ4v) is 2.44. The number of rotatable bonds is 3. The summed E-state index contributed by atoms with van der Waals surface area (Å²) in [5.74, 6) is 0.441. The highest BCUT2D eigenvalue weighted by Crippen LogP contribution is 2.31. The molecule has 0 bridgehead atoms. The van der Waals surface area contributed by atoms with Crippen LogP contribution < -0.4 is 5.32 Å². The van der Waals surface area contributed by atoms with Gasteiger partial charge in [0.2, 0.25) is 5.91 Å². The van der Waals surface area contributed by atoms with E-state index in [1.54, 1.807) is 0 Å². The highest BCUT2D eigenvalue weighted by atomic mass is 16.2. The van der Waals surface area contributed by atoms with E-state index in [2.05, 4.69) is 35.6 Å². The summed E-state index contributed by atoms with van der Waals surface area (Å²) in [6, 6.07) is 0.660. The van der Waals surface area contributed by atoms with Gasteiger partial charge in [0, 0.05) is 36.3 Å². The van der Waals surface area contributed by atoms with Crippen LogP contribution in [0.2, 0.25) is 0 Å². The molecule has 2 unspecified atom stereocenters. The topological polar surface area (TPSA) is 46.9 Å². The molecular weight excluding hydrogens is 202 g/mol. The van der Waals surface area contributed by atoms with E-state index in [-0.39, 0.29) is 17.9 Å². The fourth-order valence-electron chi connectivity index (χ4n) is 2.44. The van der Waals surface area contributed by atoms with Crippen LogP contribution in [-0.4, -0.2) is 21.5 Å². The summed E-state index contributed by atoms with van der Waals surface area (Å²) in [6.07, 6.45) is 5.32. The van der Waals surface area contributed by atoms with Crippen molar-refractivity contribution in [3.8, 4) is 0 Å². The summed E-state index contributed by atoms with van der Waals surface area (Å²) in [7, 11) is 0. The maximum absolute atomic E-state index is 11.5. The standard InChI is InChI=1S/C12H19N3O/c1-4-10-9(5-12(16)14-10)11-6-13-7-15(11)8(2)3/h6-10H,4-5H2,1-3H3,(H,14,16). The van der Waals surface area contributed by atoms with Gasteiger partial charge in [0.1, 0.15) is 0 Å². The van der Waals surface area contributed by atoms with Crippen molar-refractivity contribution < 1.29 is 4.79 Å². The number of carbonyl (C=O) groups excluding carboxylic acids is 1. The van der Waals surface area contributed by atoms with Gasteiger partial charge in [-0.2, -0.15) is 0 Å². The Morgan fingerprint density at radius 1 is 1.62 bits per heavy atom. The number of imidazole rings is 1. The molecule has 1 fully saturated rings. The molecular formula is C12H19N3O. The number of hydrogen-bond acceptors (Lipinski definition) is 2. The van der Waals surface area contributed by atoms with Gasteiger partial charge in [0.15, 0.2) is 0 Å². The van der Waals surface area contributed by atoms with Gasteiger partial charge in [-0.15, -0.1) is 0 Å². The minimum absolute atomic E-state index is 0.161. The largest absolute Gasteiger partial charge is 0.353 e. The second-order valence-corrected chi connectivity index (χ2v) is 4.71. The Labute approximate surface area is 96.1 Å². The van der Waals surface area contributed by atoms with E-state index in [0.717, 1.165) is 6.42 Å². The van der Waals surface area contributed by atoms with Crippen molar-refractivity contribution in [2.24, 2.45) is 0 Å². The van der Waals surface area contributed by atoms with Gasteiger partial charge >= 0.3 is 0 Å². The van der Waals surface area contributed by atoms with Crippen LogP contribution in [0.4, 0.5) is 0 Å². The molecule has 1 aromatic heterocycles. The number of nitrogens with zero attached hydrogens (tertiary/aromatic N) is 2. The number of amides is 1. The van der Waals surface area contributed by atoms with Gasteiger partial charge in [-0.1, -0.05) is 6.92 Å². The van der Waals surface area contributed by atoms with Crippen molar-refractivity contribution in [2.75, 3.05) is 0 Å². The molecule has 1 amide bonds. The van der Waals surface area contributed by atoms with Crippen LogP contribution in [0, 0.1) is 0 Å². The lowest BCUT2D eigenvalue weighted by Gasteiger charge is -2.20. The zero-order chi connectivity index (χ0) is 11.7. The quantitative estimate of drug-likeness (QED) is 0.846. The van der Waals surface area contributed by atoms with E-state index in [0.29, 0.717) is 12.5 Å². The molecule has 16 heavy (non-hydrogen) atoms. The van der Waals surface area contributed by atoms with Gasteiger partial charge in [-0.05, 0) is 20.3 Å². The van der Waals surface area contributed by atoms with E-state index >= 15 is 0 Å².